The second-order valence-corrected chi connectivity index (χ2v) is 9.28. The lowest BCUT2D eigenvalue weighted by molar-refractivity contribution is 0.403. The highest BCUT2D eigenvalue weighted by Crippen LogP contribution is 2.47. The summed E-state index contributed by atoms with van der Waals surface area (Å²) in [6, 6.07) is 17.7. The zero-order chi connectivity index (χ0) is 25.4. The summed E-state index contributed by atoms with van der Waals surface area (Å²) < 4.78 is 13.5. The molecule has 8 heteroatoms. The van der Waals surface area contributed by atoms with E-state index in [1.807, 2.05) is 55.7 Å². The van der Waals surface area contributed by atoms with Crippen molar-refractivity contribution in [3.63, 3.8) is 0 Å². The van der Waals surface area contributed by atoms with Gasteiger partial charge in [0.2, 0.25) is 0 Å². The second-order valence-electron chi connectivity index (χ2n) is 8.89. The number of nitrogens with one attached hydrogen (secondary N) is 1. The van der Waals surface area contributed by atoms with Gasteiger partial charge in [-0.2, -0.15) is 0 Å². The zero-order valence-electron chi connectivity index (χ0n) is 21.0. The molecule has 0 bridgehead atoms. The topological polar surface area (TPSA) is 64.4 Å². The molecule has 1 aliphatic rings. The summed E-state index contributed by atoms with van der Waals surface area (Å²) >= 11 is 5.93. The molecule has 2 atom stereocenters. The molecule has 0 unspecified atom stereocenters. The van der Waals surface area contributed by atoms with Crippen LogP contribution in [0.3, 0.4) is 0 Å². The smallest absolute Gasteiger partial charge is 0.174 e. The fraction of sp³-hybridized carbons (Fsp3) is 0.250. The number of aryl methyl sites for hydroxylation is 2. The zero-order valence-corrected chi connectivity index (χ0v) is 21.8. The predicted octanol–water partition coefficient (Wildman–Crippen LogP) is 5.39. The van der Waals surface area contributed by atoms with E-state index in [1.54, 1.807) is 14.2 Å². The second kappa shape index (κ2) is 9.62. The maximum Gasteiger partial charge on any atom is 0.174 e. The fourth-order valence-corrected chi connectivity index (χ4v) is 5.29. The van der Waals surface area contributed by atoms with Crippen LogP contribution < -0.4 is 19.7 Å². The molecule has 3 aromatic heterocycles. The Morgan fingerprint density at radius 3 is 2.44 bits per heavy atom. The van der Waals surface area contributed by atoms with Crippen molar-refractivity contribution in [1.82, 2.24) is 19.9 Å². The number of benzene rings is 1. The first kappa shape index (κ1) is 23.8. The van der Waals surface area contributed by atoms with Crippen LogP contribution in [0.15, 0.2) is 67.0 Å². The molecule has 36 heavy (non-hydrogen) atoms. The van der Waals surface area contributed by atoms with Crippen LogP contribution in [0.4, 0.5) is 5.69 Å². The Morgan fingerprint density at radius 2 is 1.78 bits per heavy atom. The van der Waals surface area contributed by atoms with E-state index < -0.39 is 0 Å². The SMILES string of the molecule is COc1ccc(OC)c(N2C(=S)N[C@H](c3ccccn3)[C@H]2c2cc(C)n(-c3ccc(C)cn3)c2C)c1. The number of pyridine rings is 2. The van der Waals surface area contributed by atoms with Crippen LogP contribution >= 0.6 is 12.2 Å². The van der Waals surface area contributed by atoms with Crippen LogP contribution in [0.25, 0.3) is 5.82 Å². The number of anilines is 1. The van der Waals surface area contributed by atoms with E-state index in [9.17, 15) is 0 Å². The first-order valence-electron chi connectivity index (χ1n) is 11.8. The van der Waals surface area contributed by atoms with E-state index in [1.165, 1.54) is 0 Å². The highest BCUT2D eigenvalue weighted by atomic mass is 32.1. The molecule has 0 aliphatic carbocycles. The Hall–Kier alpha value is -3.91. The van der Waals surface area contributed by atoms with Gasteiger partial charge in [-0.25, -0.2) is 4.98 Å². The predicted molar refractivity (Wildman–Crippen MR) is 145 cm³/mol. The van der Waals surface area contributed by atoms with Gasteiger partial charge in [-0.3, -0.25) is 4.98 Å². The summed E-state index contributed by atoms with van der Waals surface area (Å²) in [6.45, 7) is 6.27. The van der Waals surface area contributed by atoms with Crippen molar-refractivity contribution in [3.05, 3.63) is 95.2 Å². The van der Waals surface area contributed by atoms with Gasteiger partial charge >= 0.3 is 0 Å². The molecule has 0 saturated carbocycles. The summed E-state index contributed by atoms with van der Waals surface area (Å²) in [5.41, 5.74) is 6.17. The summed E-state index contributed by atoms with van der Waals surface area (Å²) in [4.78, 5) is 11.5. The molecular weight excluding hydrogens is 470 g/mol. The van der Waals surface area contributed by atoms with Crippen LogP contribution in [0.2, 0.25) is 0 Å². The molecule has 1 saturated heterocycles. The van der Waals surface area contributed by atoms with Gasteiger partial charge in [-0.05, 0) is 80.5 Å². The van der Waals surface area contributed by atoms with Crippen LogP contribution in [0.1, 0.15) is 40.3 Å². The van der Waals surface area contributed by atoms with Gasteiger partial charge in [0.05, 0.1) is 37.7 Å². The van der Waals surface area contributed by atoms with Crippen molar-refractivity contribution >= 4 is 23.0 Å². The van der Waals surface area contributed by atoms with Crippen LogP contribution in [-0.2, 0) is 0 Å². The van der Waals surface area contributed by atoms with E-state index >= 15 is 0 Å². The number of ether oxygens (including phenoxy) is 2. The summed E-state index contributed by atoms with van der Waals surface area (Å²) in [7, 11) is 3.32. The average molecular weight is 500 g/mol. The number of aromatic nitrogens is 3. The number of hydrogen-bond donors (Lipinski definition) is 1. The number of methoxy groups -OCH3 is 2. The molecule has 184 valence electrons. The number of rotatable bonds is 6. The lowest BCUT2D eigenvalue weighted by Gasteiger charge is -2.29. The Kier molecular flexibility index (Phi) is 6.36. The third-order valence-corrected chi connectivity index (χ3v) is 6.97. The van der Waals surface area contributed by atoms with Gasteiger partial charge < -0.3 is 24.3 Å². The van der Waals surface area contributed by atoms with Crippen LogP contribution in [0, 0.1) is 20.8 Å². The molecule has 0 amide bonds. The summed E-state index contributed by atoms with van der Waals surface area (Å²) in [5, 5.41) is 4.13. The van der Waals surface area contributed by atoms with Gasteiger partial charge in [-0.15, -0.1) is 0 Å². The number of nitrogens with zero attached hydrogens (tertiary/aromatic N) is 4. The maximum atomic E-state index is 5.93. The minimum absolute atomic E-state index is 0.172. The molecule has 4 aromatic rings. The monoisotopic (exact) mass is 499 g/mol. The van der Waals surface area contributed by atoms with Crippen LogP contribution in [-0.4, -0.2) is 33.9 Å². The molecule has 4 heterocycles. The Morgan fingerprint density at radius 1 is 0.944 bits per heavy atom. The number of thiocarbonyl (C=S) groups is 1. The molecule has 1 aliphatic heterocycles. The minimum Gasteiger partial charge on any atom is -0.497 e. The van der Waals surface area contributed by atoms with Crippen LogP contribution in [0.5, 0.6) is 11.5 Å². The minimum atomic E-state index is -0.182. The lowest BCUT2D eigenvalue weighted by Crippen LogP contribution is -2.30. The van der Waals surface area contributed by atoms with Gasteiger partial charge in [0.15, 0.2) is 5.11 Å². The molecule has 5 rings (SSSR count). The van der Waals surface area contributed by atoms with E-state index in [4.69, 9.17) is 21.7 Å². The molecule has 0 radical (unpaired) electrons. The molecule has 7 nitrogen and oxygen atoms in total. The normalized spacial score (nSPS) is 17.2. The molecule has 1 fully saturated rings. The van der Waals surface area contributed by atoms with Crippen molar-refractivity contribution in [2.24, 2.45) is 0 Å². The van der Waals surface area contributed by atoms with Gasteiger partial charge in [0, 0.05) is 29.8 Å². The first-order valence-corrected chi connectivity index (χ1v) is 12.2. The van der Waals surface area contributed by atoms with Gasteiger partial charge in [0.25, 0.3) is 0 Å². The Bertz CT molecular complexity index is 1400. The highest BCUT2D eigenvalue weighted by Gasteiger charge is 2.43. The van der Waals surface area contributed by atoms with E-state index in [2.05, 4.69) is 56.8 Å². The quantitative estimate of drug-likeness (QED) is 0.357. The largest absolute Gasteiger partial charge is 0.497 e. The summed E-state index contributed by atoms with van der Waals surface area (Å²) in [5.74, 6) is 2.32. The highest BCUT2D eigenvalue weighted by molar-refractivity contribution is 7.80. The van der Waals surface area contributed by atoms with E-state index in [0.717, 1.165) is 45.5 Å². The number of hydrogen-bond acceptors (Lipinski definition) is 5. The van der Waals surface area contributed by atoms with Crippen molar-refractivity contribution < 1.29 is 9.47 Å². The van der Waals surface area contributed by atoms with Gasteiger partial charge in [-0.1, -0.05) is 12.1 Å². The van der Waals surface area contributed by atoms with Crippen molar-refractivity contribution in [1.29, 1.82) is 0 Å². The molecule has 1 N–H and O–H groups in total. The van der Waals surface area contributed by atoms with E-state index in [-0.39, 0.29) is 12.1 Å². The van der Waals surface area contributed by atoms with Gasteiger partial charge in [0.1, 0.15) is 17.3 Å². The molecule has 0 spiro atoms. The third kappa shape index (κ3) is 4.07. The first-order chi connectivity index (χ1) is 17.4. The van der Waals surface area contributed by atoms with Crippen molar-refractivity contribution in [3.8, 4) is 17.3 Å². The molecular formula is C28H29N5O2S. The lowest BCUT2D eigenvalue weighted by atomic mass is 9.96. The summed E-state index contributed by atoms with van der Waals surface area (Å²) in [6.07, 6.45) is 3.70. The molecule has 1 aromatic carbocycles. The van der Waals surface area contributed by atoms with E-state index in [0.29, 0.717) is 10.9 Å². The Balaban J connectivity index is 1.71. The van der Waals surface area contributed by atoms with Crippen molar-refractivity contribution in [2.75, 3.05) is 19.1 Å². The Labute approximate surface area is 216 Å². The maximum absolute atomic E-state index is 5.93. The fourth-order valence-electron chi connectivity index (χ4n) is 4.95. The standard InChI is InChI=1S/C28H29N5O2S/c1-17-9-12-25(30-16-17)32-18(2)14-21(19(32)3)27-26(22-8-6-7-13-29-22)31-28(36)33(27)23-15-20(34-4)10-11-24(23)35-5/h6-16,26-27H,1-5H3,(H,31,36)/t26-,27-/m1/s1. The average Bonchev–Trinajstić information content (AvgIpc) is 3.39. The van der Waals surface area contributed by atoms with Crippen molar-refractivity contribution in [2.45, 2.75) is 32.9 Å². The third-order valence-electron chi connectivity index (χ3n) is 6.66.